The molecule has 1 aromatic carbocycles. The van der Waals surface area contributed by atoms with E-state index in [1.54, 1.807) is 31.3 Å². The number of nitrogen functional groups attached to an aromatic ring is 1. The van der Waals surface area contributed by atoms with Crippen LogP contribution in [0.4, 0.5) is 5.69 Å². The molecule has 1 rings (SSSR count). The number of likely N-dealkylation sites (N-methyl/N-ethyl adjacent to an activating group) is 1. The second kappa shape index (κ2) is 4.84. The van der Waals surface area contributed by atoms with Crippen LogP contribution in [0.5, 0.6) is 0 Å². The van der Waals surface area contributed by atoms with Gasteiger partial charge in [0.05, 0.1) is 10.6 Å². The first-order valence-corrected chi connectivity index (χ1v) is 4.86. The van der Waals surface area contributed by atoms with Gasteiger partial charge in [0.2, 0.25) is 0 Å². The van der Waals surface area contributed by atoms with Gasteiger partial charge in [0, 0.05) is 19.3 Å². The Morgan fingerprint density at radius 1 is 1.67 bits per heavy atom. The summed E-state index contributed by atoms with van der Waals surface area (Å²) in [5.41, 5.74) is 6.44. The van der Waals surface area contributed by atoms with Gasteiger partial charge >= 0.3 is 0 Å². The van der Waals surface area contributed by atoms with Crippen LogP contribution < -0.4 is 5.73 Å². The fraction of sp³-hybridized carbons (Fsp3) is 0.182. The number of halogens is 1. The number of hydrogen-bond donors (Lipinski definition) is 1. The molecule has 0 aliphatic carbocycles. The Morgan fingerprint density at radius 2 is 2.33 bits per heavy atom. The van der Waals surface area contributed by atoms with E-state index in [1.807, 2.05) is 0 Å². The third-order valence-corrected chi connectivity index (χ3v) is 2.32. The normalized spacial score (nSPS) is 9.73. The Morgan fingerprint density at radius 3 is 2.87 bits per heavy atom. The molecule has 0 saturated heterocycles. The topological polar surface area (TPSA) is 46.3 Å². The van der Waals surface area contributed by atoms with Gasteiger partial charge in [-0.15, -0.1) is 6.58 Å². The molecular weight excluding hydrogens is 212 g/mol. The molecule has 0 spiro atoms. The van der Waals surface area contributed by atoms with Crippen LogP contribution in [0.1, 0.15) is 10.4 Å². The Balaban J connectivity index is 3.05. The molecule has 0 aliphatic heterocycles. The quantitative estimate of drug-likeness (QED) is 0.632. The van der Waals surface area contributed by atoms with Crippen LogP contribution in [0.25, 0.3) is 0 Å². The van der Waals surface area contributed by atoms with Crippen LogP contribution in [0.15, 0.2) is 30.9 Å². The van der Waals surface area contributed by atoms with E-state index < -0.39 is 0 Å². The number of anilines is 1. The van der Waals surface area contributed by atoms with E-state index in [9.17, 15) is 4.79 Å². The van der Waals surface area contributed by atoms with E-state index >= 15 is 0 Å². The fourth-order valence-electron chi connectivity index (χ4n) is 1.23. The number of rotatable bonds is 3. The molecular formula is C11H13ClN2O. The molecule has 0 atom stereocenters. The third kappa shape index (κ3) is 2.50. The van der Waals surface area contributed by atoms with Gasteiger partial charge in [0.15, 0.2) is 0 Å². The minimum Gasteiger partial charge on any atom is -0.398 e. The highest BCUT2D eigenvalue weighted by atomic mass is 35.5. The summed E-state index contributed by atoms with van der Waals surface area (Å²) in [4.78, 5) is 13.4. The molecule has 3 nitrogen and oxygen atoms in total. The van der Waals surface area contributed by atoms with E-state index in [4.69, 9.17) is 17.3 Å². The van der Waals surface area contributed by atoms with Gasteiger partial charge in [-0.2, -0.15) is 0 Å². The van der Waals surface area contributed by atoms with Crippen molar-refractivity contribution in [3.63, 3.8) is 0 Å². The minimum atomic E-state index is -0.196. The standard InChI is InChI=1S/C11H13ClN2O/c1-3-7-14(2)11(15)10-8(12)5-4-6-9(10)13/h3-6H,1,7,13H2,2H3. The van der Waals surface area contributed by atoms with Crippen LogP contribution in [0.2, 0.25) is 5.02 Å². The van der Waals surface area contributed by atoms with Crippen LogP contribution in [-0.2, 0) is 0 Å². The van der Waals surface area contributed by atoms with Crippen molar-refractivity contribution in [3.05, 3.63) is 41.4 Å². The predicted molar refractivity (Wildman–Crippen MR) is 63.0 cm³/mol. The van der Waals surface area contributed by atoms with Gasteiger partial charge in [-0.25, -0.2) is 0 Å². The molecule has 80 valence electrons. The second-order valence-electron chi connectivity index (χ2n) is 3.18. The molecule has 0 radical (unpaired) electrons. The summed E-state index contributed by atoms with van der Waals surface area (Å²) < 4.78 is 0. The largest absolute Gasteiger partial charge is 0.398 e. The Labute approximate surface area is 94.1 Å². The fourth-order valence-corrected chi connectivity index (χ4v) is 1.50. The predicted octanol–water partition coefficient (Wildman–Crippen LogP) is 2.18. The van der Waals surface area contributed by atoms with Crippen molar-refractivity contribution >= 4 is 23.2 Å². The zero-order valence-electron chi connectivity index (χ0n) is 8.53. The number of nitrogens with two attached hydrogens (primary N) is 1. The molecule has 0 unspecified atom stereocenters. The molecule has 0 saturated carbocycles. The molecule has 0 heterocycles. The monoisotopic (exact) mass is 224 g/mol. The molecule has 0 aromatic heterocycles. The smallest absolute Gasteiger partial charge is 0.257 e. The molecule has 4 heteroatoms. The molecule has 2 N–H and O–H groups in total. The van der Waals surface area contributed by atoms with E-state index in [0.29, 0.717) is 22.8 Å². The number of nitrogens with zero attached hydrogens (tertiary/aromatic N) is 1. The maximum Gasteiger partial charge on any atom is 0.257 e. The summed E-state index contributed by atoms with van der Waals surface area (Å²) in [6, 6.07) is 5.01. The first kappa shape index (κ1) is 11.6. The molecule has 0 fully saturated rings. The van der Waals surface area contributed by atoms with E-state index in [0.717, 1.165) is 0 Å². The van der Waals surface area contributed by atoms with Crippen molar-refractivity contribution in [2.24, 2.45) is 0 Å². The number of amides is 1. The highest BCUT2D eigenvalue weighted by molar-refractivity contribution is 6.34. The maximum absolute atomic E-state index is 11.9. The third-order valence-electron chi connectivity index (χ3n) is 2.01. The van der Waals surface area contributed by atoms with Crippen molar-refractivity contribution in [2.75, 3.05) is 19.3 Å². The van der Waals surface area contributed by atoms with Crippen molar-refractivity contribution < 1.29 is 4.79 Å². The molecule has 1 aromatic rings. The lowest BCUT2D eigenvalue weighted by atomic mass is 10.1. The first-order chi connectivity index (χ1) is 7.07. The first-order valence-electron chi connectivity index (χ1n) is 4.48. The lowest BCUT2D eigenvalue weighted by Crippen LogP contribution is -2.27. The zero-order valence-corrected chi connectivity index (χ0v) is 9.29. The molecule has 15 heavy (non-hydrogen) atoms. The lowest BCUT2D eigenvalue weighted by Gasteiger charge is -2.16. The lowest BCUT2D eigenvalue weighted by molar-refractivity contribution is 0.0811. The zero-order chi connectivity index (χ0) is 11.4. The second-order valence-corrected chi connectivity index (χ2v) is 3.59. The van der Waals surface area contributed by atoms with Crippen LogP contribution >= 0.6 is 11.6 Å². The highest BCUT2D eigenvalue weighted by Gasteiger charge is 2.16. The van der Waals surface area contributed by atoms with Crippen molar-refractivity contribution in [3.8, 4) is 0 Å². The Bertz CT molecular complexity index is 370. The van der Waals surface area contributed by atoms with Crippen LogP contribution in [-0.4, -0.2) is 24.4 Å². The van der Waals surface area contributed by atoms with E-state index in [2.05, 4.69) is 6.58 Å². The summed E-state index contributed by atoms with van der Waals surface area (Å²) in [5, 5.41) is 0.371. The average molecular weight is 225 g/mol. The van der Waals surface area contributed by atoms with E-state index in [-0.39, 0.29) is 5.91 Å². The van der Waals surface area contributed by atoms with Gasteiger partial charge in [-0.05, 0) is 12.1 Å². The van der Waals surface area contributed by atoms with Gasteiger partial charge in [-0.3, -0.25) is 4.79 Å². The summed E-state index contributed by atoms with van der Waals surface area (Å²) in [6.07, 6.45) is 1.64. The van der Waals surface area contributed by atoms with Crippen LogP contribution in [0, 0.1) is 0 Å². The molecule has 0 aliphatic rings. The van der Waals surface area contributed by atoms with Gasteiger partial charge < -0.3 is 10.6 Å². The summed E-state index contributed by atoms with van der Waals surface area (Å²) >= 11 is 5.92. The van der Waals surface area contributed by atoms with Gasteiger partial charge in [-0.1, -0.05) is 23.7 Å². The van der Waals surface area contributed by atoms with Crippen molar-refractivity contribution in [1.82, 2.24) is 4.90 Å². The van der Waals surface area contributed by atoms with Crippen LogP contribution in [0.3, 0.4) is 0 Å². The summed E-state index contributed by atoms with van der Waals surface area (Å²) in [5.74, 6) is -0.196. The van der Waals surface area contributed by atoms with Gasteiger partial charge in [0.25, 0.3) is 5.91 Å². The van der Waals surface area contributed by atoms with Crippen molar-refractivity contribution in [2.45, 2.75) is 0 Å². The Kier molecular flexibility index (Phi) is 3.74. The Hall–Kier alpha value is -1.48. The molecule has 1 amide bonds. The summed E-state index contributed by atoms with van der Waals surface area (Å²) in [6.45, 7) is 4.03. The number of hydrogen-bond acceptors (Lipinski definition) is 2. The molecule has 0 bridgehead atoms. The number of benzene rings is 1. The SMILES string of the molecule is C=CCN(C)C(=O)c1c(N)cccc1Cl. The highest BCUT2D eigenvalue weighted by Crippen LogP contribution is 2.23. The summed E-state index contributed by atoms with van der Waals surface area (Å²) in [7, 11) is 1.67. The van der Waals surface area contributed by atoms with Crippen molar-refractivity contribution in [1.29, 1.82) is 0 Å². The van der Waals surface area contributed by atoms with E-state index in [1.165, 1.54) is 4.90 Å². The number of carbonyl (C=O) groups is 1. The van der Waals surface area contributed by atoms with Gasteiger partial charge in [0.1, 0.15) is 0 Å². The maximum atomic E-state index is 11.9. The average Bonchev–Trinajstić information content (AvgIpc) is 2.17. The number of carbonyl (C=O) groups excluding carboxylic acids is 1. The minimum absolute atomic E-state index is 0.196.